The van der Waals surface area contributed by atoms with Crippen LogP contribution >= 0.6 is 23.2 Å². The van der Waals surface area contributed by atoms with Gasteiger partial charge in [-0.05, 0) is 19.1 Å². The summed E-state index contributed by atoms with van der Waals surface area (Å²) in [5.41, 5.74) is 0.422. The molecule has 0 radical (unpaired) electrons. The van der Waals surface area contributed by atoms with Crippen molar-refractivity contribution in [2.45, 2.75) is 12.3 Å². The lowest BCUT2D eigenvalue weighted by atomic mass is 10.1. The van der Waals surface area contributed by atoms with Crippen molar-refractivity contribution in [1.82, 2.24) is 0 Å². The molecule has 0 aromatic heterocycles. The first-order chi connectivity index (χ1) is 7.06. The summed E-state index contributed by atoms with van der Waals surface area (Å²) in [6.45, 7) is 0.361. The van der Waals surface area contributed by atoms with Crippen LogP contribution in [-0.4, -0.2) is 12.6 Å². The lowest BCUT2D eigenvalue weighted by molar-refractivity contribution is -0.116. The summed E-state index contributed by atoms with van der Waals surface area (Å²) in [6.07, 6.45) is 0. The molecule has 1 unspecified atom stereocenters. The first kappa shape index (κ1) is 12.3. The highest BCUT2D eigenvalue weighted by Gasteiger charge is 2.18. The van der Waals surface area contributed by atoms with Crippen LogP contribution < -0.4 is 4.74 Å². The fraction of sp³-hybridized carbons (Fsp3) is 0.300. The number of Topliss-reactive ketones (excluding diaryl/α,β-unsaturated/α-hetero) is 1. The van der Waals surface area contributed by atoms with Crippen LogP contribution in [0.15, 0.2) is 18.2 Å². The number of halogens is 3. The molecule has 1 rings (SSSR count). The van der Waals surface area contributed by atoms with Crippen molar-refractivity contribution in [3.05, 3.63) is 28.8 Å². The monoisotopic (exact) mass is 250 g/mol. The minimum Gasteiger partial charge on any atom is -0.463 e. The van der Waals surface area contributed by atoms with Crippen LogP contribution in [-0.2, 0) is 4.79 Å². The Morgan fingerprint density at radius 3 is 2.80 bits per heavy atom. The third-order valence-corrected chi connectivity index (χ3v) is 2.59. The maximum atomic E-state index is 12.1. The second kappa shape index (κ2) is 5.33. The first-order valence-electron chi connectivity index (χ1n) is 4.19. The number of ketones is 1. The molecule has 0 aliphatic rings. The van der Waals surface area contributed by atoms with Crippen molar-refractivity contribution in [2.75, 3.05) is 6.86 Å². The van der Waals surface area contributed by atoms with E-state index in [1.807, 2.05) is 0 Å². The predicted molar refractivity (Wildman–Crippen MR) is 57.3 cm³/mol. The van der Waals surface area contributed by atoms with E-state index >= 15 is 0 Å². The first-order valence-corrected chi connectivity index (χ1v) is 5.00. The van der Waals surface area contributed by atoms with Gasteiger partial charge in [-0.25, -0.2) is 4.39 Å². The minimum absolute atomic E-state index is 0.195. The highest BCUT2D eigenvalue weighted by Crippen LogP contribution is 2.32. The summed E-state index contributed by atoms with van der Waals surface area (Å²) in [5, 5.41) is -0.446. The number of hydrogen-bond acceptors (Lipinski definition) is 2. The Labute approximate surface area is 96.9 Å². The van der Waals surface area contributed by atoms with Gasteiger partial charge >= 0.3 is 0 Å². The molecule has 0 fully saturated rings. The Balaban J connectivity index is 3.10. The zero-order valence-corrected chi connectivity index (χ0v) is 9.48. The molecule has 0 amide bonds. The molecule has 1 aromatic rings. The van der Waals surface area contributed by atoms with Gasteiger partial charge in [0.15, 0.2) is 5.78 Å². The lowest BCUT2D eigenvalue weighted by Crippen LogP contribution is -2.04. The average molecular weight is 251 g/mol. The molecular formula is C10H9Cl2FO2. The zero-order valence-electron chi connectivity index (χ0n) is 7.97. The highest BCUT2D eigenvalue weighted by molar-refractivity contribution is 6.32. The van der Waals surface area contributed by atoms with Crippen LogP contribution in [0.25, 0.3) is 0 Å². The summed E-state index contributed by atoms with van der Waals surface area (Å²) < 4.78 is 16.8. The fourth-order valence-electron chi connectivity index (χ4n) is 1.12. The van der Waals surface area contributed by atoms with E-state index in [2.05, 4.69) is 0 Å². The van der Waals surface area contributed by atoms with Gasteiger partial charge in [0.25, 0.3) is 0 Å². The topological polar surface area (TPSA) is 26.3 Å². The van der Waals surface area contributed by atoms with Crippen molar-refractivity contribution in [1.29, 1.82) is 0 Å². The smallest absolute Gasteiger partial charge is 0.228 e. The van der Waals surface area contributed by atoms with Gasteiger partial charge in [0.2, 0.25) is 6.86 Å². The summed E-state index contributed by atoms with van der Waals surface area (Å²) in [7, 11) is 0. The van der Waals surface area contributed by atoms with Crippen LogP contribution in [0.4, 0.5) is 4.39 Å². The molecule has 0 aliphatic heterocycles. The molecule has 0 saturated carbocycles. The lowest BCUT2D eigenvalue weighted by Gasteiger charge is -2.12. The molecule has 1 aromatic carbocycles. The van der Waals surface area contributed by atoms with E-state index in [1.54, 1.807) is 12.1 Å². The van der Waals surface area contributed by atoms with E-state index in [-0.39, 0.29) is 11.5 Å². The summed E-state index contributed by atoms with van der Waals surface area (Å²) >= 11 is 11.5. The number of carbonyl (C=O) groups is 1. The van der Waals surface area contributed by atoms with Gasteiger partial charge < -0.3 is 4.74 Å². The van der Waals surface area contributed by atoms with Crippen molar-refractivity contribution in [2.24, 2.45) is 0 Å². The van der Waals surface area contributed by atoms with E-state index in [4.69, 9.17) is 27.9 Å². The Bertz CT molecular complexity index is 368. The Morgan fingerprint density at radius 1 is 1.60 bits per heavy atom. The third kappa shape index (κ3) is 3.08. The SMILES string of the molecule is CC(=O)C(Cl)c1ccc(Cl)cc1OCF. The molecular weight excluding hydrogens is 242 g/mol. The van der Waals surface area contributed by atoms with E-state index in [1.165, 1.54) is 13.0 Å². The standard InChI is InChI=1S/C10H9Cl2FO2/c1-6(14)10(12)8-3-2-7(11)4-9(8)15-5-13/h2-4,10H,5H2,1H3. The molecule has 1 atom stereocenters. The maximum Gasteiger partial charge on any atom is 0.228 e. The van der Waals surface area contributed by atoms with Crippen molar-refractivity contribution >= 4 is 29.0 Å². The van der Waals surface area contributed by atoms with Gasteiger partial charge in [-0.3, -0.25) is 4.79 Å². The van der Waals surface area contributed by atoms with Crippen LogP contribution in [0, 0.1) is 0 Å². The molecule has 15 heavy (non-hydrogen) atoms. The number of carbonyl (C=O) groups excluding carboxylic acids is 1. The largest absolute Gasteiger partial charge is 0.463 e. The second-order valence-corrected chi connectivity index (χ2v) is 3.78. The molecule has 0 N–H and O–H groups in total. The summed E-state index contributed by atoms with van der Waals surface area (Å²) in [4.78, 5) is 11.1. The Morgan fingerprint density at radius 2 is 2.27 bits per heavy atom. The predicted octanol–water partition coefficient (Wildman–Crippen LogP) is 3.51. The van der Waals surface area contributed by atoms with E-state index < -0.39 is 12.2 Å². The molecule has 0 saturated heterocycles. The quantitative estimate of drug-likeness (QED) is 0.765. The summed E-state index contributed by atoms with van der Waals surface area (Å²) in [5.74, 6) is -0.0390. The molecule has 2 nitrogen and oxygen atoms in total. The fourth-order valence-corrected chi connectivity index (χ4v) is 1.46. The molecule has 0 spiro atoms. The van der Waals surface area contributed by atoms with E-state index in [0.717, 1.165) is 0 Å². The third-order valence-electron chi connectivity index (χ3n) is 1.82. The average Bonchev–Trinajstić information content (AvgIpc) is 2.17. The molecule has 5 heteroatoms. The number of ether oxygens (including phenoxy) is 1. The Kier molecular flexibility index (Phi) is 4.36. The van der Waals surface area contributed by atoms with Gasteiger partial charge in [0, 0.05) is 10.6 Å². The van der Waals surface area contributed by atoms with Crippen LogP contribution in [0.5, 0.6) is 5.75 Å². The van der Waals surface area contributed by atoms with E-state index in [0.29, 0.717) is 10.6 Å². The number of benzene rings is 1. The van der Waals surface area contributed by atoms with Gasteiger partial charge in [-0.1, -0.05) is 17.7 Å². The molecule has 0 bridgehead atoms. The Hall–Kier alpha value is -0.800. The van der Waals surface area contributed by atoms with E-state index in [9.17, 15) is 9.18 Å². The van der Waals surface area contributed by atoms with Gasteiger partial charge in [-0.2, -0.15) is 0 Å². The van der Waals surface area contributed by atoms with Gasteiger partial charge in [0.1, 0.15) is 11.1 Å². The maximum absolute atomic E-state index is 12.1. The van der Waals surface area contributed by atoms with Crippen LogP contribution in [0.2, 0.25) is 5.02 Å². The minimum atomic E-state index is -0.991. The molecule has 82 valence electrons. The molecule has 0 heterocycles. The van der Waals surface area contributed by atoms with Crippen LogP contribution in [0.3, 0.4) is 0 Å². The van der Waals surface area contributed by atoms with Crippen molar-refractivity contribution in [3.8, 4) is 5.75 Å². The number of rotatable bonds is 4. The van der Waals surface area contributed by atoms with Gasteiger partial charge in [0.05, 0.1) is 0 Å². The zero-order chi connectivity index (χ0) is 11.4. The van der Waals surface area contributed by atoms with Gasteiger partial charge in [-0.15, -0.1) is 11.6 Å². The van der Waals surface area contributed by atoms with Crippen LogP contribution in [0.1, 0.15) is 17.9 Å². The second-order valence-electron chi connectivity index (χ2n) is 2.91. The normalized spacial score (nSPS) is 12.3. The summed E-state index contributed by atoms with van der Waals surface area (Å²) in [6, 6.07) is 4.54. The molecule has 0 aliphatic carbocycles. The highest BCUT2D eigenvalue weighted by atomic mass is 35.5. The van der Waals surface area contributed by atoms with Crippen molar-refractivity contribution < 1.29 is 13.9 Å². The number of hydrogen-bond donors (Lipinski definition) is 0. The number of alkyl halides is 2. The van der Waals surface area contributed by atoms with Crippen molar-refractivity contribution in [3.63, 3.8) is 0 Å².